The summed E-state index contributed by atoms with van der Waals surface area (Å²) in [6.07, 6.45) is 66.8. The number of ether oxygens (including phenoxy) is 3. The first-order chi connectivity index (χ1) is 34.9. The third-order valence-electron chi connectivity index (χ3n) is 15.0. The molecule has 0 aliphatic carbocycles. The van der Waals surface area contributed by atoms with Gasteiger partial charge in [0.2, 0.25) is 0 Å². The first-order valence-electron chi connectivity index (χ1n) is 32.4. The summed E-state index contributed by atoms with van der Waals surface area (Å²) < 4.78 is 17.0. The smallest absolute Gasteiger partial charge is 0.306 e. The lowest BCUT2D eigenvalue weighted by molar-refractivity contribution is -0.167. The van der Waals surface area contributed by atoms with Crippen LogP contribution in [0.5, 0.6) is 0 Å². The Morgan fingerprint density at radius 2 is 0.465 bits per heavy atom. The molecule has 6 heteroatoms. The Kier molecular flexibility index (Phi) is 58.0. The largest absolute Gasteiger partial charge is 0.462 e. The van der Waals surface area contributed by atoms with Gasteiger partial charge in [0.15, 0.2) is 6.10 Å². The Hall–Kier alpha value is -1.59. The van der Waals surface area contributed by atoms with Gasteiger partial charge in [-0.2, -0.15) is 0 Å². The highest BCUT2D eigenvalue weighted by Gasteiger charge is 2.19. The van der Waals surface area contributed by atoms with Crippen molar-refractivity contribution < 1.29 is 28.6 Å². The van der Waals surface area contributed by atoms with Gasteiger partial charge in [-0.25, -0.2) is 0 Å². The molecule has 0 rings (SSSR count). The van der Waals surface area contributed by atoms with E-state index in [-0.39, 0.29) is 31.1 Å². The number of hydrogen-bond donors (Lipinski definition) is 0. The number of carbonyl (C=O) groups is 3. The molecule has 0 heterocycles. The van der Waals surface area contributed by atoms with Crippen molar-refractivity contribution >= 4 is 17.9 Å². The average Bonchev–Trinajstić information content (AvgIpc) is 3.36. The molecule has 0 bridgehead atoms. The SMILES string of the molecule is CCCCCCCCCCCCCCCCCCCCCC(=O)OC[C@H](COC(=O)CCCCCCCCCCCCCCCCCCC(C)C)OC(=O)CCCCCCCCCCCCCCCCC. The summed E-state index contributed by atoms with van der Waals surface area (Å²) in [6, 6.07) is 0. The summed E-state index contributed by atoms with van der Waals surface area (Å²) in [5.74, 6) is 0.0267. The van der Waals surface area contributed by atoms with Crippen LogP contribution in [0.1, 0.15) is 374 Å². The Morgan fingerprint density at radius 3 is 0.690 bits per heavy atom. The van der Waals surface area contributed by atoms with E-state index >= 15 is 0 Å². The quantitative estimate of drug-likeness (QED) is 0.0343. The summed E-state index contributed by atoms with van der Waals surface area (Å²) in [4.78, 5) is 38.3. The van der Waals surface area contributed by atoms with Gasteiger partial charge in [-0.05, 0) is 25.2 Å². The topological polar surface area (TPSA) is 78.9 Å². The van der Waals surface area contributed by atoms with Gasteiger partial charge in [-0.1, -0.05) is 336 Å². The molecule has 0 radical (unpaired) electrons. The number of hydrogen-bond acceptors (Lipinski definition) is 6. The van der Waals surface area contributed by atoms with Crippen LogP contribution in [0.3, 0.4) is 0 Å². The molecule has 0 aliphatic heterocycles. The van der Waals surface area contributed by atoms with Crippen molar-refractivity contribution in [1.29, 1.82) is 0 Å². The molecule has 0 aliphatic rings. The molecule has 0 amide bonds. The van der Waals surface area contributed by atoms with Gasteiger partial charge in [-0.15, -0.1) is 0 Å². The van der Waals surface area contributed by atoms with Gasteiger partial charge in [-0.3, -0.25) is 14.4 Å². The average molecular weight is 1000 g/mol. The molecule has 0 unspecified atom stereocenters. The van der Waals surface area contributed by atoms with Crippen molar-refractivity contribution in [3.05, 3.63) is 0 Å². The Labute approximate surface area is 444 Å². The van der Waals surface area contributed by atoms with Crippen molar-refractivity contribution in [3.63, 3.8) is 0 Å². The standard InChI is InChI=1S/C65H126O6/c1-5-7-9-11-13-15-17-19-21-22-23-24-29-32-36-40-44-48-52-56-63(66)69-59-62(71-65(68)58-54-50-46-42-38-34-27-20-18-16-14-12-10-8-6-2)60-70-64(67)57-53-49-45-41-37-33-30-26-25-28-31-35-39-43-47-51-55-61(3)4/h61-62H,5-60H2,1-4H3/t62-/m1/s1. The van der Waals surface area contributed by atoms with Crippen molar-refractivity contribution in [1.82, 2.24) is 0 Å². The van der Waals surface area contributed by atoms with E-state index in [4.69, 9.17) is 14.2 Å². The molecule has 1 atom stereocenters. The van der Waals surface area contributed by atoms with E-state index in [0.717, 1.165) is 63.7 Å². The van der Waals surface area contributed by atoms with Crippen molar-refractivity contribution in [2.75, 3.05) is 13.2 Å². The lowest BCUT2D eigenvalue weighted by Gasteiger charge is -2.18. The minimum absolute atomic E-state index is 0.0610. The van der Waals surface area contributed by atoms with Crippen LogP contribution in [0.25, 0.3) is 0 Å². The van der Waals surface area contributed by atoms with Gasteiger partial charge in [0.1, 0.15) is 13.2 Å². The van der Waals surface area contributed by atoms with Crippen LogP contribution < -0.4 is 0 Å². The second kappa shape index (κ2) is 59.3. The molecule has 0 N–H and O–H groups in total. The molecular weight excluding hydrogens is 877 g/mol. The van der Waals surface area contributed by atoms with Crippen LogP contribution in [0.2, 0.25) is 0 Å². The summed E-state index contributed by atoms with van der Waals surface area (Å²) in [6.45, 7) is 9.10. The second-order valence-corrected chi connectivity index (χ2v) is 22.9. The minimum Gasteiger partial charge on any atom is -0.462 e. The third-order valence-corrected chi connectivity index (χ3v) is 15.0. The zero-order valence-corrected chi connectivity index (χ0v) is 48.7. The van der Waals surface area contributed by atoms with Crippen LogP contribution >= 0.6 is 0 Å². The number of unbranched alkanes of at least 4 members (excludes halogenated alkanes) is 47. The van der Waals surface area contributed by atoms with Crippen molar-refractivity contribution in [3.8, 4) is 0 Å². The van der Waals surface area contributed by atoms with Crippen LogP contribution in [-0.4, -0.2) is 37.2 Å². The predicted molar refractivity (Wildman–Crippen MR) is 307 cm³/mol. The van der Waals surface area contributed by atoms with Crippen molar-refractivity contribution in [2.45, 2.75) is 381 Å². The van der Waals surface area contributed by atoms with E-state index in [2.05, 4.69) is 27.7 Å². The van der Waals surface area contributed by atoms with E-state index < -0.39 is 6.10 Å². The monoisotopic (exact) mass is 1000 g/mol. The first-order valence-corrected chi connectivity index (χ1v) is 32.4. The molecule has 0 aromatic heterocycles. The van der Waals surface area contributed by atoms with Gasteiger partial charge in [0, 0.05) is 19.3 Å². The first kappa shape index (κ1) is 69.4. The maximum Gasteiger partial charge on any atom is 0.306 e. The zero-order chi connectivity index (χ0) is 51.6. The molecular formula is C65H126O6. The van der Waals surface area contributed by atoms with Gasteiger partial charge < -0.3 is 14.2 Å². The summed E-state index contributed by atoms with van der Waals surface area (Å²) in [5, 5.41) is 0. The summed E-state index contributed by atoms with van der Waals surface area (Å²) in [5.41, 5.74) is 0. The summed E-state index contributed by atoms with van der Waals surface area (Å²) in [7, 11) is 0. The normalized spacial score (nSPS) is 12.0. The van der Waals surface area contributed by atoms with E-state index in [1.54, 1.807) is 0 Å². The lowest BCUT2D eigenvalue weighted by Crippen LogP contribution is -2.30. The molecule has 0 saturated carbocycles. The highest BCUT2D eigenvalue weighted by atomic mass is 16.6. The Morgan fingerprint density at radius 1 is 0.268 bits per heavy atom. The number of esters is 3. The number of carbonyl (C=O) groups excluding carboxylic acids is 3. The van der Waals surface area contributed by atoms with Crippen LogP contribution in [0.15, 0.2) is 0 Å². The highest BCUT2D eigenvalue weighted by Crippen LogP contribution is 2.19. The maximum atomic E-state index is 12.9. The van der Waals surface area contributed by atoms with E-state index in [0.29, 0.717) is 19.3 Å². The molecule has 0 aromatic rings. The van der Waals surface area contributed by atoms with E-state index in [9.17, 15) is 14.4 Å². The van der Waals surface area contributed by atoms with E-state index in [1.807, 2.05) is 0 Å². The Balaban J connectivity index is 4.26. The molecule has 0 spiro atoms. The highest BCUT2D eigenvalue weighted by molar-refractivity contribution is 5.71. The third kappa shape index (κ3) is 59.2. The lowest BCUT2D eigenvalue weighted by atomic mass is 10.0. The molecule has 6 nitrogen and oxygen atoms in total. The zero-order valence-electron chi connectivity index (χ0n) is 48.7. The van der Waals surface area contributed by atoms with Gasteiger partial charge >= 0.3 is 17.9 Å². The maximum absolute atomic E-state index is 12.9. The fourth-order valence-corrected chi connectivity index (χ4v) is 10.2. The predicted octanol–water partition coefficient (Wildman–Crippen LogP) is 21.7. The van der Waals surface area contributed by atoms with Crippen LogP contribution in [-0.2, 0) is 28.6 Å². The molecule has 71 heavy (non-hydrogen) atoms. The Bertz CT molecular complexity index is 1070. The molecule has 0 aromatic carbocycles. The molecule has 0 fully saturated rings. The van der Waals surface area contributed by atoms with Gasteiger partial charge in [0.05, 0.1) is 0 Å². The minimum atomic E-state index is -0.763. The molecule has 422 valence electrons. The number of rotatable bonds is 60. The fourth-order valence-electron chi connectivity index (χ4n) is 10.2. The second-order valence-electron chi connectivity index (χ2n) is 22.9. The van der Waals surface area contributed by atoms with Crippen molar-refractivity contribution in [2.24, 2.45) is 5.92 Å². The molecule has 0 saturated heterocycles. The van der Waals surface area contributed by atoms with Crippen LogP contribution in [0.4, 0.5) is 0 Å². The summed E-state index contributed by atoms with van der Waals surface area (Å²) >= 11 is 0. The van der Waals surface area contributed by atoms with Gasteiger partial charge in [0.25, 0.3) is 0 Å². The van der Waals surface area contributed by atoms with Crippen LogP contribution in [0, 0.1) is 5.92 Å². The van der Waals surface area contributed by atoms with E-state index in [1.165, 1.54) is 270 Å². The fraction of sp³-hybridized carbons (Fsp3) is 0.954.